The van der Waals surface area contributed by atoms with Crippen LogP contribution < -0.4 is 5.32 Å². The van der Waals surface area contributed by atoms with Crippen LogP contribution in [0.2, 0.25) is 5.02 Å². The summed E-state index contributed by atoms with van der Waals surface area (Å²) >= 11 is 5.96. The minimum absolute atomic E-state index is 0. The van der Waals surface area contributed by atoms with Crippen molar-refractivity contribution in [3.63, 3.8) is 0 Å². The second-order valence-corrected chi connectivity index (χ2v) is 5.03. The van der Waals surface area contributed by atoms with E-state index in [1.165, 1.54) is 0 Å². The van der Waals surface area contributed by atoms with Crippen LogP contribution in [-0.2, 0) is 37.5 Å². The summed E-state index contributed by atoms with van der Waals surface area (Å²) in [6.07, 6.45) is 1.94. The summed E-state index contributed by atoms with van der Waals surface area (Å²) in [5.74, 6) is 0.134. The Morgan fingerprint density at radius 2 is 1.83 bits per heavy atom. The topological polar surface area (TPSA) is 29.1 Å². The van der Waals surface area contributed by atoms with Crippen molar-refractivity contribution in [2.24, 2.45) is 5.92 Å². The molecule has 0 saturated carbocycles. The Balaban J connectivity index is 0.00000289. The quantitative estimate of drug-likeness (QED) is 0.867. The fourth-order valence-electron chi connectivity index (χ4n) is 1.92. The molecule has 18 heavy (non-hydrogen) atoms. The zero-order valence-electron chi connectivity index (χ0n) is 11.5. The molecule has 0 fully saturated rings. The largest absolute Gasteiger partial charge is 0.325 e. The Bertz CT molecular complexity index is 397. The molecule has 1 atom stereocenters. The molecule has 0 aliphatic carbocycles. The van der Waals surface area contributed by atoms with E-state index in [4.69, 9.17) is 11.6 Å². The molecular formula is C14H20ClNOY. The van der Waals surface area contributed by atoms with Gasteiger partial charge in [-0.2, -0.15) is 0 Å². The molecular weight excluding hydrogens is 323 g/mol. The molecule has 1 unspecified atom stereocenters. The average molecular weight is 343 g/mol. The van der Waals surface area contributed by atoms with Crippen LogP contribution in [0.5, 0.6) is 0 Å². The number of halogens is 1. The van der Waals surface area contributed by atoms with Crippen molar-refractivity contribution in [3.05, 3.63) is 28.3 Å². The Labute approximate surface area is 140 Å². The normalized spacial score (nSPS) is 11.6. The van der Waals surface area contributed by atoms with Crippen molar-refractivity contribution in [3.8, 4) is 0 Å². The van der Waals surface area contributed by atoms with Gasteiger partial charge in [-0.15, -0.1) is 0 Å². The van der Waals surface area contributed by atoms with Crippen LogP contribution in [0.3, 0.4) is 0 Å². The standard InChI is InChI=1S/C14H20ClNO.Y/c1-5-6-9(2)14(17)16-13-10(3)7-12(15)8-11(13)4;/h7-9H,5-6H2,1-4H3,(H,16,17);. The fourth-order valence-corrected chi connectivity index (χ4v) is 2.25. The van der Waals surface area contributed by atoms with Gasteiger partial charge in [0.25, 0.3) is 0 Å². The van der Waals surface area contributed by atoms with Crippen LogP contribution in [0, 0.1) is 19.8 Å². The number of amides is 1. The number of aryl methyl sites for hydroxylation is 2. The molecule has 1 radical (unpaired) electrons. The summed E-state index contributed by atoms with van der Waals surface area (Å²) in [7, 11) is 0. The maximum absolute atomic E-state index is 11.9. The van der Waals surface area contributed by atoms with Gasteiger partial charge in [0.2, 0.25) is 5.91 Å². The average Bonchev–Trinajstić information content (AvgIpc) is 2.23. The minimum Gasteiger partial charge on any atom is -0.325 e. The number of carbonyl (C=O) groups is 1. The van der Waals surface area contributed by atoms with Gasteiger partial charge in [0, 0.05) is 49.3 Å². The van der Waals surface area contributed by atoms with Gasteiger partial charge >= 0.3 is 0 Å². The maximum Gasteiger partial charge on any atom is 0.227 e. The van der Waals surface area contributed by atoms with Crippen molar-refractivity contribution in [2.75, 3.05) is 5.32 Å². The van der Waals surface area contributed by atoms with Crippen molar-refractivity contribution >= 4 is 23.2 Å². The van der Waals surface area contributed by atoms with Crippen LogP contribution in [0.4, 0.5) is 5.69 Å². The number of anilines is 1. The van der Waals surface area contributed by atoms with Gasteiger partial charge in [-0.05, 0) is 43.5 Å². The first kappa shape index (κ1) is 18.1. The molecule has 1 amide bonds. The Morgan fingerprint density at radius 1 is 1.33 bits per heavy atom. The van der Waals surface area contributed by atoms with E-state index in [1.807, 2.05) is 32.9 Å². The predicted molar refractivity (Wildman–Crippen MR) is 73.6 cm³/mol. The Morgan fingerprint density at radius 3 is 2.28 bits per heavy atom. The van der Waals surface area contributed by atoms with Gasteiger partial charge in [0.1, 0.15) is 0 Å². The third kappa shape index (κ3) is 4.99. The van der Waals surface area contributed by atoms with E-state index in [0.717, 1.165) is 29.7 Å². The van der Waals surface area contributed by atoms with E-state index in [9.17, 15) is 4.79 Å². The Hall–Kier alpha value is 0.0839. The molecule has 0 aliphatic heterocycles. The summed E-state index contributed by atoms with van der Waals surface area (Å²) in [6, 6.07) is 3.74. The predicted octanol–water partition coefficient (Wildman–Crippen LogP) is 4.33. The minimum atomic E-state index is 0. The van der Waals surface area contributed by atoms with Crippen LogP contribution >= 0.6 is 11.6 Å². The molecule has 1 N–H and O–H groups in total. The summed E-state index contributed by atoms with van der Waals surface area (Å²) in [5.41, 5.74) is 2.90. The zero-order valence-corrected chi connectivity index (χ0v) is 15.1. The number of rotatable bonds is 4. The van der Waals surface area contributed by atoms with E-state index in [0.29, 0.717) is 5.02 Å². The molecule has 1 aromatic carbocycles. The molecule has 0 aliphatic rings. The van der Waals surface area contributed by atoms with Gasteiger partial charge in [-0.1, -0.05) is 31.9 Å². The molecule has 0 heterocycles. The second-order valence-electron chi connectivity index (χ2n) is 4.59. The van der Waals surface area contributed by atoms with Crippen molar-refractivity contribution in [1.82, 2.24) is 0 Å². The van der Waals surface area contributed by atoms with E-state index >= 15 is 0 Å². The molecule has 0 spiro atoms. The fraction of sp³-hybridized carbons (Fsp3) is 0.500. The third-order valence-electron chi connectivity index (χ3n) is 2.91. The van der Waals surface area contributed by atoms with Crippen LogP contribution in [0.25, 0.3) is 0 Å². The monoisotopic (exact) mass is 342 g/mol. The van der Waals surface area contributed by atoms with Crippen molar-refractivity contribution in [1.29, 1.82) is 0 Å². The van der Waals surface area contributed by atoms with Crippen LogP contribution in [0.15, 0.2) is 12.1 Å². The molecule has 1 rings (SSSR count). The summed E-state index contributed by atoms with van der Waals surface area (Å²) in [4.78, 5) is 11.9. The smallest absolute Gasteiger partial charge is 0.227 e. The second kappa shape index (κ2) is 8.29. The first-order chi connectivity index (χ1) is 7.95. The number of hydrogen-bond acceptors (Lipinski definition) is 1. The molecule has 0 bridgehead atoms. The molecule has 0 aromatic heterocycles. The molecule has 1 aromatic rings. The third-order valence-corrected chi connectivity index (χ3v) is 3.13. The molecule has 4 heteroatoms. The number of carbonyl (C=O) groups excluding carboxylic acids is 1. The molecule has 2 nitrogen and oxygen atoms in total. The SMILES string of the molecule is CCCC(C)C(=O)Nc1c(C)cc(Cl)cc1C.[Y]. The van der Waals surface area contributed by atoms with Gasteiger partial charge in [-0.25, -0.2) is 0 Å². The van der Waals surface area contributed by atoms with Crippen molar-refractivity contribution in [2.45, 2.75) is 40.5 Å². The van der Waals surface area contributed by atoms with Crippen LogP contribution in [-0.4, -0.2) is 5.91 Å². The van der Waals surface area contributed by atoms with E-state index < -0.39 is 0 Å². The van der Waals surface area contributed by atoms with Crippen molar-refractivity contribution < 1.29 is 37.5 Å². The number of hydrogen-bond donors (Lipinski definition) is 1. The van der Waals surface area contributed by atoms with Gasteiger partial charge in [-0.3, -0.25) is 4.79 Å². The van der Waals surface area contributed by atoms with E-state index in [2.05, 4.69) is 12.2 Å². The van der Waals surface area contributed by atoms with Crippen LogP contribution in [0.1, 0.15) is 37.8 Å². The van der Waals surface area contributed by atoms with Gasteiger partial charge in [0.05, 0.1) is 0 Å². The van der Waals surface area contributed by atoms with E-state index in [-0.39, 0.29) is 44.5 Å². The Kier molecular flexibility index (Phi) is 8.33. The van der Waals surface area contributed by atoms with Gasteiger partial charge < -0.3 is 5.32 Å². The number of benzene rings is 1. The summed E-state index contributed by atoms with van der Waals surface area (Å²) in [6.45, 7) is 7.96. The zero-order chi connectivity index (χ0) is 13.0. The first-order valence-corrected chi connectivity index (χ1v) is 6.41. The molecule has 97 valence electrons. The molecule has 0 saturated heterocycles. The van der Waals surface area contributed by atoms with E-state index in [1.54, 1.807) is 0 Å². The first-order valence-electron chi connectivity index (χ1n) is 6.03. The maximum atomic E-state index is 11.9. The summed E-state index contributed by atoms with van der Waals surface area (Å²) < 4.78 is 0. The summed E-state index contributed by atoms with van der Waals surface area (Å²) in [5, 5.41) is 3.70. The van der Waals surface area contributed by atoms with Gasteiger partial charge in [0.15, 0.2) is 0 Å². The number of nitrogens with one attached hydrogen (secondary N) is 1.